The van der Waals surface area contributed by atoms with E-state index in [1.807, 2.05) is 29.2 Å². The lowest BCUT2D eigenvalue weighted by atomic mass is 9.88. The highest BCUT2D eigenvalue weighted by atomic mass is 16.6. The standard InChI is InChI=1S/C30H36N2O4/c1-30(2,3)36-29(35)31-23(20-33)17-18-27(34)32-19-9-8-14-26(32)28-24-12-6-4-10-21(24)15-16-22-11-5-7-13-25(22)28/h4-7,10-13,15-16,23,33H,8-9,14,17-20H2,1-3H3,(H,31,35)/t23-/m1/s1. The largest absolute Gasteiger partial charge is 0.444 e. The molecule has 0 unspecified atom stereocenters. The van der Waals surface area contributed by atoms with Gasteiger partial charge in [0.2, 0.25) is 5.91 Å². The van der Waals surface area contributed by atoms with Crippen molar-refractivity contribution in [3.05, 3.63) is 76.5 Å². The highest BCUT2D eigenvalue weighted by Gasteiger charge is 2.28. The van der Waals surface area contributed by atoms with Gasteiger partial charge in [0, 0.05) is 24.2 Å². The van der Waals surface area contributed by atoms with Crippen LogP contribution in [0.15, 0.2) is 54.2 Å². The van der Waals surface area contributed by atoms with Crippen molar-refractivity contribution in [1.82, 2.24) is 10.2 Å². The number of aliphatic hydroxyl groups is 1. The topological polar surface area (TPSA) is 78.9 Å². The van der Waals surface area contributed by atoms with Gasteiger partial charge in [0.25, 0.3) is 0 Å². The van der Waals surface area contributed by atoms with Crippen LogP contribution in [0.1, 0.15) is 75.1 Å². The first-order valence-corrected chi connectivity index (χ1v) is 12.8. The lowest BCUT2D eigenvalue weighted by Gasteiger charge is -2.33. The Morgan fingerprint density at radius 2 is 1.61 bits per heavy atom. The lowest BCUT2D eigenvalue weighted by molar-refractivity contribution is -0.130. The Kier molecular flexibility index (Phi) is 7.94. The van der Waals surface area contributed by atoms with Crippen LogP contribution in [-0.2, 0) is 9.53 Å². The summed E-state index contributed by atoms with van der Waals surface area (Å²) in [7, 11) is 0. The molecule has 1 atom stereocenters. The maximum absolute atomic E-state index is 13.5. The Hall–Kier alpha value is -3.38. The third-order valence-electron chi connectivity index (χ3n) is 6.51. The molecule has 2 aliphatic rings. The van der Waals surface area contributed by atoms with Crippen molar-refractivity contribution < 1.29 is 19.4 Å². The second-order valence-electron chi connectivity index (χ2n) is 10.4. The molecule has 2 amide bonds. The molecule has 1 heterocycles. The summed E-state index contributed by atoms with van der Waals surface area (Å²) in [5.41, 5.74) is 6.07. The van der Waals surface area contributed by atoms with Crippen molar-refractivity contribution >= 4 is 29.7 Å². The Bertz CT molecular complexity index is 1120. The molecule has 1 aliphatic carbocycles. The number of carbonyl (C=O) groups is 2. The highest BCUT2D eigenvalue weighted by Crippen LogP contribution is 2.39. The van der Waals surface area contributed by atoms with Crippen molar-refractivity contribution in [2.75, 3.05) is 13.2 Å². The third-order valence-corrected chi connectivity index (χ3v) is 6.51. The summed E-state index contributed by atoms with van der Waals surface area (Å²) >= 11 is 0. The van der Waals surface area contributed by atoms with Crippen LogP contribution in [0.3, 0.4) is 0 Å². The SMILES string of the molecule is CC(C)(C)OC(=O)N[C@@H](CO)CCC(=O)N1CCCCC1=C1c2ccccc2C=Cc2ccccc21. The summed E-state index contributed by atoms with van der Waals surface area (Å²) in [5, 5.41) is 12.5. The number of ether oxygens (including phenoxy) is 1. The van der Waals surface area contributed by atoms with E-state index in [2.05, 4.69) is 41.7 Å². The van der Waals surface area contributed by atoms with Crippen molar-refractivity contribution in [2.24, 2.45) is 0 Å². The van der Waals surface area contributed by atoms with Crippen LogP contribution < -0.4 is 5.32 Å². The lowest BCUT2D eigenvalue weighted by Crippen LogP contribution is -2.42. The zero-order valence-corrected chi connectivity index (χ0v) is 21.4. The molecule has 0 radical (unpaired) electrons. The van der Waals surface area contributed by atoms with Crippen LogP contribution in [0.5, 0.6) is 0 Å². The van der Waals surface area contributed by atoms with Gasteiger partial charge < -0.3 is 20.1 Å². The molecule has 0 bridgehead atoms. The highest BCUT2D eigenvalue weighted by molar-refractivity contribution is 5.96. The molecule has 0 saturated carbocycles. The van der Waals surface area contributed by atoms with Gasteiger partial charge in [0.1, 0.15) is 5.60 Å². The Morgan fingerprint density at radius 3 is 2.19 bits per heavy atom. The number of aliphatic hydroxyl groups excluding tert-OH is 1. The number of amides is 2. The summed E-state index contributed by atoms with van der Waals surface area (Å²) in [5.74, 6) is 0.00815. The molecule has 1 fully saturated rings. The van der Waals surface area contributed by atoms with Crippen LogP contribution in [0.25, 0.3) is 17.7 Å². The van der Waals surface area contributed by atoms with Crippen molar-refractivity contribution in [3.63, 3.8) is 0 Å². The number of rotatable bonds is 5. The number of allylic oxidation sites excluding steroid dienone is 1. The van der Waals surface area contributed by atoms with Gasteiger partial charge in [-0.1, -0.05) is 60.7 Å². The quantitative estimate of drug-likeness (QED) is 0.489. The fraction of sp³-hybridized carbons (Fsp3) is 0.400. The van der Waals surface area contributed by atoms with E-state index in [0.717, 1.165) is 52.8 Å². The van der Waals surface area contributed by atoms with E-state index in [-0.39, 0.29) is 18.9 Å². The molecule has 190 valence electrons. The zero-order valence-electron chi connectivity index (χ0n) is 21.4. The Morgan fingerprint density at radius 1 is 1.00 bits per heavy atom. The molecular weight excluding hydrogens is 452 g/mol. The van der Waals surface area contributed by atoms with Gasteiger partial charge >= 0.3 is 6.09 Å². The molecule has 1 aliphatic heterocycles. The van der Waals surface area contributed by atoms with E-state index in [0.29, 0.717) is 13.0 Å². The summed E-state index contributed by atoms with van der Waals surface area (Å²) in [6.07, 6.45) is 7.05. The van der Waals surface area contributed by atoms with Gasteiger partial charge in [-0.3, -0.25) is 4.79 Å². The first kappa shape index (κ1) is 25.7. The van der Waals surface area contributed by atoms with Crippen LogP contribution in [0, 0.1) is 0 Å². The molecule has 0 spiro atoms. The smallest absolute Gasteiger partial charge is 0.407 e. The fourth-order valence-electron chi connectivity index (χ4n) is 4.86. The van der Waals surface area contributed by atoms with E-state index in [1.165, 1.54) is 0 Å². The first-order chi connectivity index (χ1) is 17.3. The summed E-state index contributed by atoms with van der Waals surface area (Å²) < 4.78 is 5.30. The monoisotopic (exact) mass is 488 g/mol. The average Bonchev–Trinajstić information content (AvgIpc) is 3.02. The van der Waals surface area contributed by atoms with E-state index in [4.69, 9.17) is 4.74 Å². The molecule has 6 nitrogen and oxygen atoms in total. The summed E-state index contributed by atoms with van der Waals surface area (Å²) in [6, 6.07) is 16.1. The van der Waals surface area contributed by atoms with Crippen LogP contribution in [0.4, 0.5) is 4.79 Å². The molecule has 2 N–H and O–H groups in total. The van der Waals surface area contributed by atoms with Crippen molar-refractivity contribution in [1.29, 1.82) is 0 Å². The van der Waals surface area contributed by atoms with Crippen molar-refractivity contribution in [2.45, 2.75) is 64.5 Å². The molecule has 6 heteroatoms. The fourth-order valence-corrected chi connectivity index (χ4v) is 4.86. The molecule has 2 aromatic rings. The molecule has 36 heavy (non-hydrogen) atoms. The van der Waals surface area contributed by atoms with Crippen LogP contribution in [0.2, 0.25) is 0 Å². The Balaban J connectivity index is 1.60. The van der Waals surface area contributed by atoms with Gasteiger partial charge in [-0.15, -0.1) is 0 Å². The summed E-state index contributed by atoms with van der Waals surface area (Å²) in [4.78, 5) is 27.6. The van der Waals surface area contributed by atoms with Gasteiger partial charge in [-0.05, 0) is 68.7 Å². The third kappa shape index (κ3) is 6.05. The number of hydrogen-bond acceptors (Lipinski definition) is 4. The normalized spacial score (nSPS) is 16.1. The number of hydrogen-bond donors (Lipinski definition) is 2. The predicted molar refractivity (Wildman–Crippen MR) is 143 cm³/mol. The number of benzene rings is 2. The minimum atomic E-state index is -0.630. The van der Waals surface area contributed by atoms with Crippen molar-refractivity contribution in [3.8, 4) is 0 Å². The zero-order chi connectivity index (χ0) is 25.7. The van der Waals surface area contributed by atoms with E-state index < -0.39 is 17.7 Å². The molecular formula is C30H36N2O4. The molecule has 4 rings (SSSR count). The van der Waals surface area contributed by atoms with Crippen LogP contribution >= 0.6 is 0 Å². The maximum atomic E-state index is 13.5. The number of nitrogens with one attached hydrogen (secondary N) is 1. The minimum absolute atomic E-state index is 0.00815. The predicted octanol–water partition coefficient (Wildman–Crippen LogP) is 5.61. The number of carbonyl (C=O) groups excluding carboxylic acids is 2. The number of likely N-dealkylation sites (tertiary alicyclic amines) is 1. The van der Waals surface area contributed by atoms with Crippen LogP contribution in [-0.4, -0.2) is 46.8 Å². The average molecular weight is 489 g/mol. The minimum Gasteiger partial charge on any atom is -0.444 e. The van der Waals surface area contributed by atoms with E-state index in [1.54, 1.807) is 20.8 Å². The summed E-state index contributed by atoms with van der Waals surface area (Å²) in [6.45, 7) is 5.77. The molecule has 1 saturated heterocycles. The Labute approximate surface area is 213 Å². The van der Waals surface area contributed by atoms with Gasteiger partial charge in [-0.2, -0.15) is 0 Å². The number of piperidine rings is 1. The van der Waals surface area contributed by atoms with E-state index in [9.17, 15) is 14.7 Å². The maximum Gasteiger partial charge on any atom is 0.407 e. The molecule has 0 aromatic heterocycles. The number of fused-ring (bicyclic) bond motifs is 2. The van der Waals surface area contributed by atoms with Gasteiger partial charge in [-0.25, -0.2) is 4.79 Å². The second kappa shape index (κ2) is 11.1. The van der Waals surface area contributed by atoms with E-state index >= 15 is 0 Å². The van der Waals surface area contributed by atoms with Gasteiger partial charge in [0.15, 0.2) is 0 Å². The second-order valence-corrected chi connectivity index (χ2v) is 10.4. The van der Waals surface area contributed by atoms with Gasteiger partial charge in [0.05, 0.1) is 12.6 Å². The number of nitrogens with zero attached hydrogens (tertiary/aromatic N) is 1. The molecule has 2 aromatic carbocycles. The first-order valence-electron chi connectivity index (χ1n) is 12.8. The number of alkyl carbamates (subject to hydrolysis) is 1.